The summed E-state index contributed by atoms with van der Waals surface area (Å²) >= 11 is 1.45. The first-order valence-corrected chi connectivity index (χ1v) is 11.7. The number of hydrogen-bond acceptors (Lipinski definition) is 4. The monoisotopic (exact) mass is 404 g/mol. The van der Waals surface area contributed by atoms with Crippen LogP contribution in [0.3, 0.4) is 0 Å². The highest BCUT2D eigenvalue weighted by molar-refractivity contribution is 7.98. The van der Waals surface area contributed by atoms with E-state index < -0.39 is 10.0 Å². The normalized spacial score (nSPS) is 14.4. The van der Waals surface area contributed by atoms with E-state index in [0.717, 1.165) is 42.8 Å². The standard InChI is InChI=1S/C20H24N2O3S2/c1-3-15-6-8-16(9-7-15)21-27(24,25)17-10-11-19(26-2)18(14-17)20(23)22-12-4-5-13-22/h6-11,14,21H,3-5,12-13H2,1-2H3. The van der Waals surface area contributed by atoms with Gasteiger partial charge < -0.3 is 4.90 Å². The Hall–Kier alpha value is -1.99. The summed E-state index contributed by atoms with van der Waals surface area (Å²) in [5, 5.41) is 0. The van der Waals surface area contributed by atoms with Crippen LogP contribution in [0.25, 0.3) is 0 Å². The van der Waals surface area contributed by atoms with Gasteiger partial charge in [-0.1, -0.05) is 19.1 Å². The maximum atomic E-state index is 12.8. The van der Waals surface area contributed by atoms with E-state index in [1.165, 1.54) is 17.8 Å². The second-order valence-corrected chi connectivity index (χ2v) is 9.05. The molecule has 2 aromatic rings. The van der Waals surface area contributed by atoms with Crippen molar-refractivity contribution in [2.24, 2.45) is 0 Å². The number of anilines is 1. The van der Waals surface area contributed by atoms with Gasteiger partial charge in [0.25, 0.3) is 15.9 Å². The Morgan fingerprint density at radius 1 is 1.11 bits per heavy atom. The summed E-state index contributed by atoms with van der Waals surface area (Å²) in [6.07, 6.45) is 4.77. The fraction of sp³-hybridized carbons (Fsp3) is 0.350. The number of carbonyl (C=O) groups is 1. The number of nitrogens with one attached hydrogen (secondary N) is 1. The molecule has 1 amide bonds. The molecule has 0 radical (unpaired) electrons. The number of nitrogens with zero attached hydrogens (tertiary/aromatic N) is 1. The molecule has 1 aliphatic heterocycles. The second-order valence-electron chi connectivity index (χ2n) is 6.52. The van der Waals surface area contributed by atoms with Crippen molar-refractivity contribution < 1.29 is 13.2 Å². The summed E-state index contributed by atoms with van der Waals surface area (Å²) < 4.78 is 28.2. The van der Waals surface area contributed by atoms with Crippen LogP contribution in [0.15, 0.2) is 52.3 Å². The summed E-state index contributed by atoms with van der Waals surface area (Å²) in [5.41, 5.74) is 2.10. The number of hydrogen-bond donors (Lipinski definition) is 1. The number of rotatable bonds is 6. The summed E-state index contributed by atoms with van der Waals surface area (Å²) in [7, 11) is -3.77. The summed E-state index contributed by atoms with van der Waals surface area (Å²) in [6, 6.07) is 12.1. The van der Waals surface area contributed by atoms with Gasteiger partial charge in [-0.3, -0.25) is 9.52 Å². The van der Waals surface area contributed by atoms with Gasteiger partial charge in [-0.15, -0.1) is 11.8 Å². The zero-order valence-electron chi connectivity index (χ0n) is 15.6. The lowest BCUT2D eigenvalue weighted by Gasteiger charge is -2.18. The Bertz CT molecular complexity index is 919. The molecule has 0 bridgehead atoms. The van der Waals surface area contributed by atoms with Crippen molar-refractivity contribution in [3.63, 3.8) is 0 Å². The number of likely N-dealkylation sites (tertiary alicyclic amines) is 1. The predicted octanol–water partition coefficient (Wildman–Crippen LogP) is 4.01. The molecule has 144 valence electrons. The van der Waals surface area contributed by atoms with Crippen molar-refractivity contribution in [1.29, 1.82) is 0 Å². The van der Waals surface area contributed by atoms with E-state index in [1.807, 2.05) is 25.3 Å². The van der Waals surface area contributed by atoms with E-state index in [2.05, 4.69) is 4.72 Å². The molecule has 1 saturated heterocycles. The average Bonchev–Trinajstić information content (AvgIpc) is 3.22. The Balaban J connectivity index is 1.90. The van der Waals surface area contributed by atoms with Crippen LogP contribution in [0.4, 0.5) is 5.69 Å². The van der Waals surface area contributed by atoms with E-state index in [-0.39, 0.29) is 10.8 Å². The minimum atomic E-state index is -3.77. The van der Waals surface area contributed by atoms with Crippen LogP contribution in [0.1, 0.15) is 35.7 Å². The maximum Gasteiger partial charge on any atom is 0.261 e. The molecule has 0 aromatic heterocycles. The lowest BCUT2D eigenvalue weighted by molar-refractivity contribution is 0.0789. The van der Waals surface area contributed by atoms with E-state index in [4.69, 9.17) is 0 Å². The molecule has 1 fully saturated rings. The van der Waals surface area contributed by atoms with Crippen LogP contribution in [-0.2, 0) is 16.4 Å². The molecule has 3 rings (SSSR count). The van der Waals surface area contributed by atoms with Crippen LogP contribution < -0.4 is 4.72 Å². The molecular formula is C20H24N2O3S2. The van der Waals surface area contributed by atoms with E-state index in [9.17, 15) is 13.2 Å². The maximum absolute atomic E-state index is 12.8. The van der Waals surface area contributed by atoms with Gasteiger partial charge in [0, 0.05) is 23.7 Å². The largest absolute Gasteiger partial charge is 0.339 e. The quantitative estimate of drug-likeness (QED) is 0.739. The van der Waals surface area contributed by atoms with E-state index in [0.29, 0.717) is 11.3 Å². The van der Waals surface area contributed by atoms with Gasteiger partial charge in [0.2, 0.25) is 0 Å². The minimum Gasteiger partial charge on any atom is -0.339 e. The molecule has 0 aliphatic carbocycles. The number of thioether (sulfide) groups is 1. The van der Waals surface area contributed by atoms with E-state index in [1.54, 1.807) is 29.2 Å². The smallest absolute Gasteiger partial charge is 0.261 e. The number of aryl methyl sites for hydroxylation is 1. The third kappa shape index (κ3) is 4.47. The zero-order valence-corrected chi connectivity index (χ0v) is 17.2. The van der Waals surface area contributed by atoms with Crippen molar-refractivity contribution in [2.75, 3.05) is 24.1 Å². The number of amides is 1. The molecule has 0 unspecified atom stereocenters. The summed E-state index contributed by atoms with van der Waals surface area (Å²) in [4.78, 5) is 15.5. The Labute approximate surface area is 165 Å². The summed E-state index contributed by atoms with van der Waals surface area (Å²) in [5.74, 6) is -0.0961. The van der Waals surface area contributed by atoms with Crippen LogP contribution in [0.5, 0.6) is 0 Å². The van der Waals surface area contributed by atoms with Gasteiger partial charge in [0.1, 0.15) is 0 Å². The molecular weight excluding hydrogens is 380 g/mol. The van der Waals surface area contributed by atoms with Crippen molar-refractivity contribution >= 4 is 33.4 Å². The van der Waals surface area contributed by atoms with Gasteiger partial charge in [0.15, 0.2) is 0 Å². The second kappa shape index (κ2) is 8.35. The van der Waals surface area contributed by atoms with Gasteiger partial charge >= 0.3 is 0 Å². The van der Waals surface area contributed by atoms with Crippen molar-refractivity contribution in [3.8, 4) is 0 Å². The van der Waals surface area contributed by atoms with Crippen LogP contribution in [0.2, 0.25) is 0 Å². The summed E-state index contributed by atoms with van der Waals surface area (Å²) in [6.45, 7) is 3.50. The molecule has 2 aromatic carbocycles. The SMILES string of the molecule is CCc1ccc(NS(=O)(=O)c2ccc(SC)c(C(=O)N3CCCC3)c2)cc1. The van der Waals surface area contributed by atoms with Crippen LogP contribution in [-0.4, -0.2) is 38.6 Å². The average molecular weight is 405 g/mol. The molecule has 5 nitrogen and oxygen atoms in total. The Kier molecular flexibility index (Phi) is 6.11. The van der Waals surface area contributed by atoms with Gasteiger partial charge in [-0.2, -0.15) is 0 Å². The van der Waals surface area contributed by atoms with Gasteiger partial charge in [-0.05, 0) is 61.4 Å². The topological polar surface area (TPSA) is 66.5 Å². The van der Waals surface area contributed by atoms with Crippen molar-refractivity contribution in [1.82, 2.24) is 4.90 Å². The number of sulfonamides is 1. The van der Waals surface area contributed by atoms with Gasteiger partial charge in [-0.25, -0.2) is 8.42 Å². The van der Waals surface area contributed by atoms with Crippen LogP contribution in [0, 0.1) is 0 Å². The predicted molar refractivity (Wildman–Crippen MR) is 110 cm³/mol. The third-order valence-electron chi connectivity index (χ3n) is 4.72. The number of carbonyl (C=O) groups excluding carboxylic acids is 1. The molecule has 27 heavy (non-hydrogen) atoms. The molecule has 0 atom stereocenters. The fourth-order valence-corrected chi connectivity index (χ4v) is 4.79. The molecule has 1 aliphatic rings. The molecule has 1 N–H and O–H groups in total. The molecule has 1 heterocycles. The first kappa shape index (κ1) is 19.8. The highest BCUT2D eigenvalue weighted by atomic mass is 32.2. The minimum absolute atomic E-state index is 0.0961. The van der Waals surface area contributed by atoms with Crippen molar-refractivity contribution in [3.05, 3.63) is 53.6 Å². The van der Waals surface area contributed by atoms with E-state index >= 15 is 0 Å². The molecule has 0 saturated carbocycles. The van der Waals surface area contributed by atoms with Crippen molar-refractivity contribution in [2.45, 2.75) is 36.0 Å². The first-order valence-electron chi connectivity index (χ1n) is 9.03. The highest BCUT2D eigenvalue weighted by Crippen LogP contribution is 2.27. The molecule has 7 heteroatoms. The lowest BCUT2D eigenvalue weighted by Crippen LogP contribution is -2.28. The first-order chi connectivity index (χ1) is 12.9. The zero-order chi connectivity index (χ0) is 19.4. The van der Waals surface area contributed by atoms with Crippen LogP contribution >= 0.6 is 11.8 Å². The van der Waals surface area contributed by atoms with Gasteiger partial charge in [0.05, 0.1) is 10.5 Å². The highest BCUT2D eigenvalue weighted by Gasteiger charge is 2.24. The Morgan fingerprint density at radius 2 is 1.78 bits per heavy atom. The lowest BCUT2D eigenvalue weighted by atomic mass is 10.2. The third-order valence-corrected chi connectivity index (χ3v) is 6.89. The fourth-order valence-electron chi connectivity index (χ4n) is 3.13. The molecule has 0 spiro atoms. The Morgan fingerprint density at radius 3 is 2.37 bits per heavy atom. The number of benzene rings is 2.